The van der Waals surface area contributed by atoms with Crippen LogP contribution in [0, 0.1) is 5.92 Å². The number of aromatic nitrogens is 2. The largest absolute Gasteiger partial charge is 0.497 e. The van der Waals surface area contributed by atoms with Gasteiger partial charge < -0.3 is 14.0 Å². The Morgan fingerprint density at radius 2 is 2.19 bits per heavy atom. The number of thiophene rings is 1. The summed E-state index contributed by atoms with van der Waals surface area (Å²) in [5, 5.41) is 6.11. The number of hydrogen-bond acceptors (Lipinski definition) is 7. The Morgan fingerprint density at radius 3 is 3.04 bits per heavy atom. The van der Waals surface area contributed by atoms with Crippen LogP contribution in [-0.2, 0) is 6.54 Å². The highest BCUT2D eigenvalue weighted by Gasteiger charge is 2.22. The number of rotatable bonds is 7. The van der Waals surface area contributed by atoms with Crippen molar-refractivity contribution in [3.8, 4) is 22.2 Å². The van der Waals surface area contributed by atoms with Gasteiger partial charge in [-0.15, -0.1) is 11.3 Å². The van der Waals surface area contributed by atoms with Gasteiger partial charge >= 0.3 is 0 Å². The average Bonchev–Trinajstić information content (AvgIpc) is 3.39. The molecule has 1 aliphatic rings. The van der Waals surface area contributed by atoms with Gasteiger partial charge in [0, 0.05) is 18.5 Å². The lowest BCUT2D eigenvalue weighted by Crippen LogP contribution is -2.37. The second-order valence-electron chi connectivity index (χ2n) is 6.72. The summed E-state index contributed by atoms with van der Waals surface area (Å²) in [5.41, 5.74) is 0. The van der Waals surface area contributed by atoms with Crippen LogP contribution in [0.5, 0.6) is 11.5 Å². The Balaban J connectivity index is 1.30. The number of nitrogens with zero attached hydrogens (tertiary/aromatic N) is 3. The van der Waals surface area contributed by atoms with Gasteiger partial charge in [0.25, 0.3) is 0 Å². The first-order valence-corrected chi connectivity index (χ1v) is 10.0. The predicted octanol–water partition coefficient (Wildman–Crippen LogP) is 4.10. The molecule has 0 unspecified atom stereocenters. The fourth-order valence-electron chi connectivity index (χ4n) is 3.35. The van der Waals surface area contributed by atoms with E-state index in [0.717, 1.165) is 35.9 Å². The average molecular weight is 385 g/mol. The molecule has 1 aromatic carbocycles. The molecular weight excluding hydrogens is 362 g/mol. The maximum Gasteiger partial charge on any atom is 0.241 e. The molecule has 1 saturated heterocycles. The summed E-state index contributed by atoms with van der Waals surface area (Å²) < 4.78 is 16.7. The van der Waals surface area contributed by atoms with Gasteiger partial charge in [0.05, 0.1) is 25.1 Å². The molecule has 0 spiro atoms. The zero-order valence-electron chi connectivity index (χ0n) is 15.3. The SMILES string of the molecule is COc1cccc(OC[C@@H]2CCCN(Cc3nc(-c4cccs4)no3)C2)c1. The van der Waals surface area contributed by atoms with Gasteiger partial charge in [-0.2, -0.15) is 4.98 Å². The predicted molar refractivity (Wildman–Crippen MR) is 104 cm³/mol. The molecule has 1 fully saturated rings. The zero-order valence-corrected chi connectivity index (χ0v) is 16.2. The molecule has 3 heterocycles. The summed E-state index contributed by atoms with van der Waals surface area (Å²) in [7, 11) is 1.67. The van der Waals surface area contributed by atoms with Crippen molar-refractivity contribution < 1.29 is 14.0 Å². The first-order valence-electron chi connectivity index (χ1n) is 9.16. The van der Waals surface area contributed by atoms with Gasteiger partial charge in [-0.25, -0.2) is 0 Å². The molecule has 0 N–H and O–H groups in total. The summed E-state index contributed by atoms with van der Waals surface area (Å²) in [6.07, 6.45) is 2.32. The van der Waals surface area contributed by atoms with E-state index in [2.05, 4.69) is 15.0 Å². The number of likely N-dealkylation sites (tertiary alicyclic amines) is 1. The van der Waals surface area contributed by atoms with E-state index in [1.54, 1.807) is 18.4 Å². The van der Waals surface area contributed by atoms with E-state index in [1.807, 2.05) is 41.8 Å². The van der Waals surface area contributed by atoms with E-state index < -0.39 is 0 Å². The second-order valence-corrected chi connectivity index (χ2v) is 7.67. The highest BCUT2D eigenvalue weighted by atomic mass is 32.1. The molecule has 0 aliphatic carbocycles. The molecular formula is C20H23N3O3S. The minimum Gasteiger partial charge on any atom is -0.497 e. The van der Waals surface area contributed by atoms with Crippen LogP contribution in [-0.4, -0.2) is 41.8 Å². The van der Waals surface area contributed by atoms with Crippen molar-refractivity contribution in [3.63, 3.8) is 0 Å². The van der Waals surface area contributed by atoms with Crippen molar-refractivity contribution in [3.05, 3.63) is 47.7 Å². The Kier molecular flexibility index (Phi) is 5.69. The summed E-state index contributed by atoms with van der Waals surface area (Å²) in [6.45, 7) is 3.41. The topological polar surface area (TPSA) is 60.6 Å². The molecule has 7 heteroatoms. The molecule has 0 radical (unpaired) electrons. The van der Waals surface area contributed by atoms with Crippen LogP contribution in [0.3, 0.4) is 0 Å². The van der Waals surface area contributed by atoms with Crippen LogP contribution in [0.25, 0.3) is 10.7 Å². The van der Waals surface area contributed by atoms with Crippen molar-refractivity contribution in [2.45, 2.75) is 19.4 Å². The molecule has 142 valence electrons. The summed E-state index contributed by atoms with van der Waals surface area (Å²) in [4.78, 5) is 7.94. The fraction of sp³-hybridized carbons (Fsp3) is 0.400. The highest BCUT2D eigenvalue weighted by Crippen LogP contribution is 2.24. The second kappa shape index (κ2) is 8.54. The molecule has 0 saturated carbocycles. The standard InChI is InChI=1S/C20H23N3O3S/c1-24-16-6-2-7-17(11-16)25-14-15-5-3-9-23(12-15)13-19-21-20(22-26-19)18-8-4-10-27-18/h2,4,6-8,10-11,15H,3,5,9,12-14H2,1H3/t15-/m1/s1. The van der Waals surface area contributed by atoms with E-state index in [0.29, 0.717) is 30.8 Å². The third-order valence-corrected chi connectivity index (χ3v) is 5.56. The van der Waals surface area contributed by atoms with Gasteiger partial charge in [-0.1, -0.05) is 17.3 Å². The first-order chi connectivity index (χ1) is 13.3. The lowest BCUT2D eigenvalue weighted by Gasteiger charge is -2.31. The van der Waals surface area contributed by atoms with Crippen molar-refractivity contribution >= 4 is 11.3 Å². The number of methoxy groups -OCH3 is 1. The molecule has 0 bridgehead atoms. The molecule has 1 atom stereocenters. The Morgan fingerprint density at radius 1 is 1.26 bits per heavy atom. The Labute approximate surface area is 162 Å². The van der Waals surface area contributed by atoms with Crippen LogP contribution in [0.2, 0.25) is 0 Å². The Bertz CT molecular complexity index is 850. The smallest absolute Gasteiger partial charge is 0.241 e. The third-order valence-electron chi connectivity index (χ3n) is 4.70. The zero-order chi connectivity index (χ0) is 18.5. The maximum absolute atomic E-state index is 5.98. The first kappa shape index (κ1) is 18.0. The lowest BCUT2D eigenvalue weighted by atomic mass is 9.99. The summed E-state index contributed by atoms with van der Waals surface area (Å²) in [5.74, 6) is 3.51. The maximum atomic E-state index is 5.98. The monoisotopic (exact) mass is 385 g/mol. The minimum atomic E-state index is 0.490. The van der Waals surface area contributed by atoms with Gasteiger partial charge in [-0.05, 0) is 43.0 Å². The molecule has 27 heavy (non-hydrogen) atoms. The number of piperidine rings is 1. The van der Waals surface area contributed by atoms with Gasteiger partial charge in [0.1, 0.15) is 11.5 Å². The number of hydrogen-bond donors (Lipinski definition) is 0. The van der Waals surface area contributed by atoms with Crippen molar-refractivity contribution in [1.82, 2.24) is 15.0 Å². The van der Waals surface area contributed by atoms with Gasteiger partial charge in [-0.3, -0.25) is 4.90 Å². The van der Waals surface area contributed by atoms with Crippen LogP contribution < -0.4 is 9.47 Å². The number of ether oxygens (including phenoxy) is 2. The quantitative estimate of drug-likeness (QED) is 0.610. The Hall–Kier alpha value is -2.38. The molecule has 4 rings (SSSR count). The van der Waals surface area contributed by atoms with Crippen LogP contribution in [0.4, 0.5) is 0 Å². The lowest BCUT2D eigenvalue weighted by molar-refractivity contribution is 0.115. The van der Waals surface area contributed by atoms with E-state index >= 15 is 0 Å². The van der Waals surface area contributed by atoms with E-state index in [-0.39, 0.29) is 0 Å². The summed E-state index contributed by atoms with van der Waals surface area (Å²) >= 11 is 1.62. The normalized spacial score (nSPS) is 17.7. The van der Waals surface area contributed by atoms with Crippen LogP contribution >= 0.6 is 11.3 Å². The minimum absolute atomic E-state index is 0.490. The van der Waals surface area contributed by atoms with Gasteiger partial charge in [0.2, 0.25) is 11.7 Å². The van der Waals surface area contributed by atoms with Crippen molar-refractivity contribution in [1.29, 1.82) is 0 Å². The molecule has 2 aromatic heterocycles. The van der Waals surface area contributed by atoms with Gasteiger partial charge in [0.15, 0.2) is 0 Å². The fourth-order valence-corrected chi connectivity index (χ4v) is 4.00. The van der Waals surface area contributed by atoms with E-state index in [1.165, 1.54) is 6.42 Å². The molecule has 0 amide bonds. The van der Waals surface area contributed by atoms with Crippen LogP contribution in [0.15, 0.2) is 46.3 Å². The van der Waals surface area contributed by atoms with E-state index in [9.17, 15) is 0 Å². The molecule has 1 aliphatic heterocycles. The van der Waals surface area contributed by atoms with Crippen molar-refractivity contribution in [2.24, 2.45) is 5.92 Å². The van der Waals surface area contributed by atoms with Crippen molar-refractivity contribution in [2.75, 3.05) is 26.8 Å². The van der Waals surface area contributed by atoms with Crippen LogP contribution in [0.1, 0.15) is 18.7 Å². The molecule has 6 nitrogen and oxygen atoms in total. The highest BCUT2D eigenvalue weighted by molar-refractivity contribution is 7.13. The van der Waals surface area contributed by atoms with E-state index in [4.69, 9.17) is 14.0 Å². The summed E-state index contributed by atoms with van der Waals surface area (Å²) in [6, 6.07) is 11.8. The molecule has 3 aromatic rings. The third kappa shape index (κ3) is 4.67. The number of benzene rings is 1.